The molecule has 224 valence electrons. The number of hydrogen-bond donors (Lipinski definition) is 3. The summed E-state index contributed by atoms with van der Waals surface area (Å²) >= 11 is 0. The van der Waals surface area contributed by atoms with Crippen molar-refractivity contribution in [1.29, 1.82) is 0 Å². The third-order valence-electron chi connectivity index (χ3n) is 7.45. The number of pyridine rings is 1. The Morgan fingerprint density at radius 3 is 2.50 bits per heavy atom. The lowest BCUT2D eigenvalue weighted by Crippen LogP contribution is -2.45. The lowest BCUT2D eigenvalue weighted by atomic mass is 10.1. The second kappa shape index (κ2) is 16.5. The number of hydrogen-bond acceptors (Lipinski definition) is 7. The minimum Gasteiger partial charge on any atom is -0.492 e. The number of carbonyl (C=O) groups is 2. The molecule has 1 aliphatic heterocycles. The zero-order chi connectivity index (χ0) is 29.6. The molecule has 0 aliphatic carbocycles. The maximum Gasteiger partial charge on any atom is 0.326 e. The molecule has 1 aliphatic rings. The van der Waals surface area contributed by atoms with Gasteiger partial charge in [0.15, 0.2) is 6.10 Å². The average Bonchev–Trinajstić information content (AvgIpc) is 3.02. The van der Waals surface area contributed by atoms with Crippen LogP contribution in [0.4, 0.5) is 5.82 Å². The Morgan fingerprint density at radius 2 is 1.76 bits per heavy atom. The summed E-state index contributed by atoms with van der Waals surface area (Å²) in [6.07, 6.45) is 4.38. The number of aromatic nitrogens is 1. The number of benzene rings is 2. The van der Waals surface area contributed by atoms with E-state index in [1.807, 2.05) is 48.5 Å². The Bertz CT molecular complexity index is 1260. The highest BCUT2D eigenvalue weighted by atomic mass is 16.5. The Hall–Kier alpha value is -3.95. The molecule has 0 spiro atoms. The molecule has 0 saturated heterocycles. The van der Waals surface area contributed by atoms with E-state index in [1.54, 1.807) is 12.1 Å². The number of fused-ring (bicyclic) bond motifs is 1. The number of anilines is 1. The van der Waals surface area contributed by atoms with Crippen molar-refractivity contribution in [3.8, 4) is 5.75 Å². The number of nitrogens with zero attached hydrogens (tertiary/aromatic N) is 2. The van der Waals surface area contributed by atoms with Crippen molar-refractivity contribution in [2.45, 2.75) is 50.7 Å². The van der Waals surface area contributed by atoms with Crippen LogP contribution in [0.1, 0.15) is 48.6 Å². The molecule has 3 N–H and O–H groups in total. The number of aliphatic carboxylic acids is 1. The number of carboxylic acids is 1. The van der Waals surface area contributed by atoms with E-state index in [9.17, 15) is 14.7 Å². The maximum absolute atomic E-state index is 13.0. The molecular formula is C33H42N4O5. The number of unbranched alkanes of at least 4 members (excludes halogenated alkanes) is 1. The summed E-state index contributed by atoms with van der Waals surface area (Å²) in [7, 11) is 1.44. The third kappa shape index (κ3) is 9.56. The molecule has 3 aromatic rings. The molecule has 2 aromatic carbocycles. The molecule has 42 heavy (non-hydrogen) atoms. The van der Waals surface area contributed by atoms with Crippen molar-refractivity contribution in [3.05, 3.63) is 89.6 Å². The van der Waals surface area contributed by atoms with Gasteiger partial charge in [0.05, 0.1) is 0 Å². The Balaban J connectivity index is 1.31. The van der Waals surface area contributed by atoms with Crippen molar-refractivity contribution in [2.75, 3.05) is 45.2 Å². The minimum absolute atomic E-state index is 0.260. The first-order chi connectivity index (χ1) is 20.5. The average molecular weight is 575 g/mol. The summed E-state index contributed by atoms with van der Waals surface area (Å²) in [4.78, 5) is 32.1. The lowest BCUT2D eigenvalue weighted by Gasteiger charge is -2.25. The largest absolute Gasteiger partial charge is 0.492 e. The van der Waals surface area contributed by atoms with Crippen LogP contribution in [0, 0.1) is 0 Å². The highest BCUT2D eigenvalue weighted by Gasteiger charge is 2.26. The Labute approximate surface area is 248 Å². The fraction of sp³-hybridized carbons (Fsp3) is 0.424. The molecule has 9 heteroatoms. The number of amides is 1. The highest BCUT2D eigenvalue weighted by Crippen LogP contribution is 2.21. The van der Waals surface area contributed by atoms with Crippen molar-refractivity contribution < 1.29 is 24.2 Å². The second-order valence-electron chi connectivity index (χ2n) is 10.5. The molecule has 2 heterocycles. The molecule has 1 amide bonds. The van der Waals surface area contributed by atoms with Gasteiger partial charge >= 0.3 is 5.97 Å². The monoisotopic (exact) mass is 574 g/mol. The molecule has 1 aromatic heterocycles. The van der Waals surface area contributed by atoms with Gasteiger partial charge < -0.3 is 25.2 Å². The van der Waals surface area contributed by atoms with Crippen LogP contribution in [0.15, 0.2) is 72.8 Å². The van der Waals surface area contributed by atoms with Gasteiger partial charge in [0.25, 0.3) is 5.91 Å². The van der Waals surface area contributed by atoms with Gasteiger partial charge in [0.2, 0.25) is 0 Å². The van der Waals surface area contributed by atoms with Crippen LogP contribution in [-0.4, -0.2) is 72.8 Å². The highest BCUT2D eigenvalue weighted by molar-refractivity contribution is 5.87. The summed E-state index contributed by atoms with van der Waals surface area (Å²) < 4.78 is 11.3. The Morgan fingerprint density at radius 1 is 1.00 bits per heavy atom. The van der Waals surface area contributed by atoms with Crippen LogP contribution in [0.2, 0.25) is 0 Å². The summed E-state index contributed by atoms with van der Waals surface area (Å²) in [5.41, 5.74) is 3.04. The van der Waals surface area contributed by atoms with Crippen molar-refractivity contribution >= 4 is 17.7 Å². The molecule has 0 bridgehead atoms. The smallest absolute Gasteiger partial charge is 0.326 e. The predicted octanol–water partition coefficient (Wildman–Crippen LogP) is 4.49. The molecule has 4 rings (SSSR count). The van der Waals surface area contributed by atoms with E-state index < -0.39 is 24.0 Å². The van der Waals surface area contributed by atoms with Crippen molar-refractivity contribution in [1.82, 2.24) is 15.2 Å². The molecule has 2 atom stereocenters. The normalized spacial score (nSPS) is 14.0. The summed E-state index contributed by atoms with van der Waals surface area (Å²) in [6, 6.07) is 22.0. The van der Waals surface area contributed by atoms with Crippen LogP contribution in [-0.2, 0) is 27.2 Å². The van der Waals surface area contributed by atoms with E-state index in [1.165, 1.54) is 12.7 Å². The van der Waals surface area contributed by atoms with Gasteiger partial charge in [-0.25, -0.2) is 9.78 Å². The number of aryl methyl sites for hydroxylation is 2. The number of rotatable bonds is 17. The lowest BCUT2D eigenvalue weighted by molar-refractivity contribution is -0.144. The summed E-state index contributed by atoms with van der Waals surface area (Å²) in [6.45, 7) is 3.37. The number of ether oxygens (including phenoxy) is 2. The quantitative estimate of drug-likeness (QED) is 0.202. The second-order valence-corrected chi connectivity index (χ2v) is 10.5. The van der Waals surface area contributed by atoms with E-state index in [4.69, 9.17) is 14.5 Å². The molecule has 9 nitrogen and oxygen atoms in total. The third-order valence-corrected chi connectivity index (χ3v) is 7.45. The van der Waals surface area contributed by atoms with Gasteiger partial charge in [0, 0.05) is 32.4 Å². The van der Waals surface area contributed by atoms with Gasteiger partial charge in [-0.3, -0.25) is 9.69 Å². The van der Waals surface area contributed by atoms with E-state index in [0.717, 1.165) is 62.5 Å². The first-order valence-electron chi connectivity index (χ1n) is 14.8. The number of carbonyl (C=O) groups excluding carboxylic acids is 1. The van der Waals surface area contributed by atoms with Crippen LogP contribution in [0.5, 0.6) is 5.75 Å². The van der Waals surface area contributed by atoms with Gasteiger partial charge in [-0.2, -0.15) is 0 Å². The standard InChI is InChI=1S/C33H42N4O5/c1-41-30(25-11-4-2-5-12-25)32(38)36-29(33(39)40)19-22-37(23-24-42-28-15-6-3-7-16-28)21-9-8-14-27-18-17-26-13-10-20-34-31(26)35-27/h2-7,11-12,15-18,29-30H,8-10,13-14,19-24H2,1H3,(H,34,35)(H,36,38)(H,39,40). The van der Waals surface area contributed by atoms with E-state index in [2.05, 4.69) is 27.7 Å². The van der Waals surface area contributed by atoms with Crippen LogP contribution >= 0.6 is 0 Å². The minimum atomic E-state index is -1.07. The number of carboxylic acid groups (broad SMARTS) is 1. The van der Waals surface area contributed by atoms with Gasteiger partial charge in [-0.1, -0.05) is 54.6 Å². The summed E-state index contributed by atoms with van der Waals surface area (Å²) in [5.74, 6) is 0.274. The van der Waals surface area contributed by atoms with Crippen LogP contribution in [0.3, 0.4) is 0 Å². The molecule has 0 saturated carbocycles. The first-order valence-corrected chi connectivity index (χ1v) is 14.8. The number of nitrogens with one attached hydrogen (secondary N) is 2. The maximum atomic E-state index is 13.0. The number of para-hydroxylation sites is 1. The topological polar surface area (TPSA) is 113 Å². The Kier molecular flexibility index (Phi) is 12.2. The number of methoxy groups -OCH3 is 1. The van der Waals surface area contributed by atoms with Gasteiger partial charge in [0.1, 0.15) is 24.2 Å². The van der Waals surface area contributed by atoms with Crippen molar-refractivity contribution in [2.24, 2.45) is 0 Å². The molecule has 0 fully saturated rings. The van der Waals surface area contributed by atoms with E-state index in [-0.39, 0.29) is 6.42 Å². The summed E-state index contributed by atoms with van der Waals surface area (Å²) in [5, 5.41) is 16.0. The fourth-order valence-electron chi connectivity index (χ4n) is 5.13. The van der Waals surface area contributed by atoms with E-state index in [0.29, 0.717) is 25.3 Å². The molecular weight excluding hydrogens is 532 g/mol. The zero-order valence-corrected chi connectivity index (χ0v) is 24.3. The predicted molar refractivity (Wildman–Crippen MR) is 163 cm³/mol. The first kappa shape index (κ1) is 31.0. The van der Waals surface area contributed by atoms with E-state index >= 15 is 0 Å². The van der Waals surface area contributed by atoms with Crippen LogP contribution < -0.4 is 15.4 Å². The molecule has 0 radical (unpaired) electrons. The molecule has 2 unspecified atom stereocenters. The van der Waals surface area contributed by atoms with Crippen LogP contribution in [0.25, 0.3) is 0 Å². The SMILES string of the molecule is COC(C(=O)NC(CCN(CCCCc1ccc2c(n1)NCCC2)CCOc1ccccc1)C(=O)O)c1ccccc1. The van der Waals surface area contributed by atoms with Crippen molar-refractivity contribution in [3.63, 3.8) is 0 Å². The zero-order valence-electron chi connectivity index (χ0n) is 24.3. The van der Waals surface area contributed by atoms with Gasteiger partial charge in [-0.15, -0.1) is 0 Å². The van der Waals surface area contributed by atoms with Gasteiger partial charge in [-0.05, 0) is 74.4 Å². The fourth-order valence-corrected chi connectivity index (χ4v) is 5.13.